The fraction of sp³-hybridized carbons (Fsp3) is 0.226. The van der Waals surface area contributed by atoms with Crippen molar-refractivity contribution in [1.29, 1.82) is 0 Å². The Morgan fingerprint density at radius 2 is 1.92 bits per heavy atom. The summed E-state index contributed by atoms with van der Waals surface area (Å²) in [6, 6.07) is 19.8. The van der Waals surface area contributed by atoms with Crippen molar-refractivity contribution in [2.75, 3.05) is 18.4 Å². The molecule has 5 aromatic rings. The van der Waals surface area contributed by atoms with Crippen LogP contribution in [0.5, 0.6) is 0 Å². The lowest BCUT2D eigenvalue weighted by Crippen LogP contribution is -2.28. The minimum absolute atomic E-state index is 0.142. The maximum absolute atomic E-state index is 13.6. The highest BCUT2D eigenvalue weighted by atomic mass is 35.5. The van der Waals surface area contributed by atoms with E-state index in [9.17, 15) is 4.79 Å². The summed E-state index contributed by atoms with van der Waals surface area (Å²) < 4.78 is 1.67. The van der Waals surface area contributed by atoms with Gasteiger partial charge in [0.1, 0.15) is 5.65 Å². The molecule has 0 spiro atoms. The Balaban J connectivity index is 1.30. The van der Waals surface area contributed by atoms with Gasteiger partial charge in [-0.3, -0.25) is 14.3 Å². The Kier molecular flexibility index (Phi) is 7.09. The van der Waals surface area contributed by atoms with Gasteiger partial charge in [-0.1, -0.05) is 41.9 Å². The van der Waals surface area contributed by atoms with E-state index in [1.807, 2.05) is 43.3 Å². The van der Waals surface area contributed by atoms with Gasteiger partial charge in [-0.15, -0.1) is 0 Å². The number of aryl methyl sites for hydroxylation is 1. The van der Waals surface area contributed by atoms with Gasteiger partial charge >= 0.3 is 0 Å². The fourth-order valence-electron chi connectivity index (χ4n) is 5.26. The van der Waals surface area contributed by atoms with Crippen LogP contribution in [0.1, 0.15) is 31.2 Å². The van der Waals surface area contributed by atoms with Gasteiger partial charge in [0, 0.05) is 64.5 Å². The van der Waals surface area contributed by atoms with E-state index < -0.39 is 0 Å². The molecule has 0 aliphatic carbocycles. The molecule has 0 saturated carbocycles. The van der Waals surface area contributed by atoms with Gasteiger partial charge in [-0.2, -0.15) is 4.98 Å². The van der Waals surface area contributed by atoms with Gasteiger partial charge < -0.3 is 10.6 Å². The predicted molar refractivity (Wildman–Crippen MR) is 158 cm³/mol. The Morgan fingerprint density at radius 1 is 1.05 bits per heavy atom. The molecule has 1 atom stereocenters. The summed E-state index contributed by atoms with van der Waals surface area (Å²) in [7, 11) is 0. The van der Waals surface area contributed by atoms with Crippen LogP contribution in [0, 0.1) is 0 Å². The lowest BCUT2D eigenvalue weighted by atomic mass is 9.92. The number of nitrogens with one attached hydrogen (secondary N) is 2. The van der Waals surface area contributed by atoms with Crippen LogP contribution in [0.4, 0.5) is 11.6 Å². The minimum atomic E-state index is -0.142. The molecule has 196 valence electrons. The second-order valence-electron chi connectivity index (χ2n) is 9.81. The number of fused-ring (bicyclic) bond motifs is 1. The zero-order chi connectivity index (χ0) is 26.8. The second-order valence-corrected chi connectivity index (χ2v) is 10.2. The van der Waals surface area contributed by atoms with Gasteiger partial charge in [0.05, 0.1) is 0 Å². The Morgan fingerprint density at radius 3 is 2.64 bits per heavy atom. The average molecular weight is 537 g/mol. The number of hydrogen-bond acceptors (Lipinski definition) is 6. The number of piperidine rings is 1. The third-order valence-electron chi connectivity index (χ3n) is 7.33. The molecule has 1 aliphatic heterocycles. The molecule has 3 aromatic heterocycles. The molecule has 0 amide bonds. The minimum Gasteiger partial charge on any atom is -0.324 e. The molecular weight excluding hydrogens is 508 g/mol. The maximum atomic E-state index is 13.6. The van der Waals surface area contributed by atoms with E-state index in [1.54, 1.807) is 23.2 Å². The first-order chi connectivity index (χ1) is 19.1. The molecule has 0 radical (unpaired) electrons. The first-order valence-electron chi connectivity index (χ1n) is 13.3. The van der Waals surface area contributed by atoms with Crippen LogP contribution >= 0.6 is 11.6 Å². The number of pyridine rings is 2. The van der Waals surface area contributed by atoms with E-state index in [-0.39, 0.29) is 5.56 Å². The Hall–Kier alpha value is -4.07. The molecule has 39 heavy (non-hydrogen) atoms. The van der Waals surface area contributed by atoms with Gasteiger partial charge in [0.15, 0.2) is 0 Å². The van der Waals surface area contributed by atoms with Crippen LogP contribution in [-0.2, 0) is 6.54 Å². The van der Waals surface area contributed by atoms with Crippen molar-refractivity contribution in [2.45, 2.75) is 32.2 Å². The van der Waals surface area contributed by atoms with Gasteiger partial charge in [0.2, 0.25) is 5.95 Å². The molecule has 0 bridgehead atoms. The normalized spacial score (nSPS) is 15.4. The van der Waals surface area contributed by atoms with Crippen LogP contribution < -0.4 is 16.2 Å². The Labute approximate surface area is 231 Å². The number of anilines is 2. The summed E-state index contributed by atoms with van der Waals surface area (Å²) in [5, 5.41) is 8.04. The summed E-state index contributed by atoms with van der Waals surface area (Å²) >= 11 is 6.70. The third-order valence-corrected chi connectivity index (χ3v) is 7.65. The summed E-state index contributed by atoms with van der Waals surface area (Å²) in [6.45, 7) is 4.53. The van der Waals surface area contributed by atoms with Gasteiger partial charge in [-0.25, -0.2) is 4.98 Å². The Bertz CT molecular complexity index is 1680. The predicted octanol–water partition coefficient (Wildman–Crippen LogP) is 6.40. The number of aromatic nitrogens is 4. The molecule has 1 fully saturated rings. The lowest BCUT2D eigenvalue weighted by Gasteiger charge is -2.23. The number of halogens is 1. The molecule has 7 nitrogen and oxygen atoms in total. The number of benzene rings is 2. The van der Waals surface area contributed by atoms with E-state index in [0.717, 1.165) is 35.3 Å². The van der Waals surface area contributed by atoms with Crippen molar-refractivity contribution >= 4 is 34.3 Å². The van der Waals surface area contributed by atoms with E-state index in [0.29, 0.717) is 40.2 Å². The molecular formula is C31H29ClN6O. The highest BCUT2D eigenvalue weighted by molar-refractivity contribution is 6.33. The average Bonchev–Trinajstić information content (AvgIpc) is 2.98. The smallest absolute Gasteiger partial charge is 0.260 e. The summed E-state index contributed by atoms with van der Waals surface area (Å²) in [6.07, 6.45) is 7.69. The number of nitrogens with zero attached hydrogens (tertiary/aromatic N) is 4. The van der Waals surface area contributed by atoms with E-state index in [4.69, 9.17) is 16.6 Å². The first-order valence-corrected chi connectivity index (χ1v) is 13.7. The van der Waals surface area contributed by atoms with E-state index in [1.165, 1.54) is 18.4 Å². The molecule has 4 heterocycles. The van der Waals surface area contributed by atoms with Gasteiger partial charge in [-0.05, 0) is 73.7 Å². The zero-order valence-corrected chi connectivity index (χ0v) is 22.4. The second kappa shape index (κ2) is 11.0. The molecule has 1 saturated heterocycles. The summed E-state index contributed by atoms with van der Waals surface area (Å²) in [5.41, 5.74) is 5.78. The highest BCUT2D eigenvalue weighted by Crippen LogP contribution is 2.32. The molecule has 2 N–H and O–H groups in total. The summed E-state index contributed by atoms with van der Waals surface area (Å²) in [5.74, 6) is 1.00. The van der Waals surface area contributed by atoms with Crippen molar-refractivity contribution in [2.24, 2.45) is 0 Å². The third kappa shape index (κ3) is 5.15. The van der Waals surface area contributed by atoms with Crippen LogP contribution in [0.3, 0.4) is 0 Å². The number of rotatable bonds is 6. The van der Waals surface area contributed by atoms with Crippen molar-refractivity contribution in [3.8, 4) is 22.3 Å². The first kappa shape index (κ1) is 25.2. The van der Waals surface area contributed by atoms with Crippen molar-refractivity contribution in [3.05, 3.63) is 100 Å². The zero-order valence-electron chi connectivity index (χ0n) is 21.7. The lowest BCUT2D eigenvalue weighted by molar-refractivity contribution is 0.461. The van der Waals surface area contributed by atoms with Crippen LogP contribution in [-0.4, -0.2) is 32.6 Å². The fourth-order valence-corrected chi connectivity index (χ4v) is 5.54. The summed E-state index contributed by atoms with van der Waals surface area (Å²) in [4.78, 5) is 27.0. The van der Waals surface area contributed by atoms with E-state index >= 15 is 0 Å². The van der Waals surface area contributed by atoms with Crippen molar-refractivity contribution in [1.82, 2.24) is 24.8 Å². The SMILES string of the molecule is CCn1c(=O)c(-c2ccc(-c3cccnc3)cc2Cl)cc2cnc(Nc3ccc(C4CCCNC4)cc3)nc21. The van der Waals surface area contributed by atoms with Crippen molar-refractivity contribution < 1.29 is 0 Å². The largest absolute Gasteiger partial charge is 0.324 e. The standard InChI is InChI=1S/C31H29ClN6O/c1-2-38-29-24(15-27(30(38)39)26-12-9-21(16-28(26)32)23-6-4-14-34-18-23)19-35-31(37-29)36-25-10-7-20(8-11-25)22-5-3-13-33-17-22/h4,6-12,14-16,18-19,22,33H,2-3,5,13,17H2,1H3,(H,35,36,37). The topological polar surface area (TPSA) is 84.7 Å². The maximum Gasteiger partial charge on any atom is 0.260 e. The molecule has 6 rings (SSSR count). The van der Waals surface area contributed by atoms with Crippen LogP contribution in [0.2, 0.25) is 5.02 Å². The molecule has 1 unspecified atom stereocenters. The monoisotopic (exact) mass is 536 g/mol. The molecule has 8 heteroatoms. The van der Waals surface area contributed by atoms with E-state index in [2.05, 4.69) is 44.9 Å². The highest BCUT2D eigenvalue weighted by Gasteiger charge is 2.17. The quantitative estimate of drug-likeness (QED) is 0.261. The van der Waals surface area contributed by atoms with Gasteiger partial charge in [0.25, 0.3) is 5.56 Å². The van der Waals surface area contributed by atoms with Crippen LogP contribution in [0.15, 0.2) is 84.0 Å². The number of hydrogen-bond donors (Lipinski definition) is 2. The van der Waals surface area contributed by atoms with Crippen LogP contribution in [0.25, 0.3) is 33.3 Å². The van der Waals surface area contributed by atoms with Crippen molar-refractivity contribution in [3.63, 3.8) is 0 Å². The molecule has 1 aliphatic rings. The molecule has 2 aromatic carbocycles.